The molecule has 0 amide bonds. The van der Waals surface area contributed by atoms with E-state index in [1.54, 1.807) is 11.3 Å². The van der Waals surface area contributed by atoms with Crippen LogP contribution in [0.4, 0.5) is 5.13 Å². The smallest absolute Gasteiger partial charge is 0.180 e. The Morgan fingerprint density at radius 3 is 2.67 bits per heavy atom. The Morgan fingerprint density at radius 1 is 1.39 bits per heavy atom. The molecule has 0 saturated heterocycles. The molecular weight excluding hydrogens is 242 g/mol. The number of likely N-dealkylation sites (N-methyl/N-ethyl adjacent to an activating group) is 1. The number of hydrogen-bond donors (Lipinski definition) is 1. The van der Waals surface area contributed by atoms with Gasteiger partial charge in [-0.2, -0.15) is 0 Å². The maximum Gasteiger partial charge on any atom is 0.180 e. The van der Waals surface area contributed by atoms with Crippen LogP contribution in [0.2, 0.25) is 0 Å². The largest absolute Gasteiger partial charge is 0.375 e. The second kappa shape index (κ2) is 6.53. The summed E-state index contributed by atoms with van der Waals surface area (Å²) in [4.78, 5) is 6.84. The summed E-state index contributed by atoms with van der Waals surface area (Å²) >= 11 is 1.54. The normalized spacial score (nSPS) is 24.6. The molecule has 1 heterocycles. The summed E-state index contributed by atoms with van der Waals surface area (Å²) in [7, 11) is 2.26. The fourth-order valence-corrected chi connectivity index (χ4v) is 3.50. The molecule has 1 fully saturated rings. The van der Waals surface area contributed by atoms with Crippen LogP contribution in [0.5, 0.6) is 0 Å². The number of aromatic nitrogens is 1. The van der Waals surface area contributed by atoms with E-state index in [1.165, 1.54) is 32.1 Å². The average molecular weight is 267 g/mol. The first-order valence-electron chi connectivity index (χ1n) is 7.09. The van der Waals surface area contributed by atoms with Gasteiger partial charge in [0, 0.05) is 24.4 Å². The van der Waals surface area contributed by atoms with E-state index in [0.29, 0.717) is 5.13 Å². The highest BCUT2D eigenvalue weighted by molar-refractivity contribution is 7.13. The van der Waals surface area contributed by atoms with E-state index >= 15 is 0 Å². The van der Waals surface area contributed by atoms with Crippen molar-refractivity contribution in [2.75, 3.05) is 19.3 Å². The van der Waals surface area contributed by atoms with Crippen molar-refractivity contribution in [3.63, 3.8) is 0 Å². The molecule has 0 bridgehead atoms. The van der Waals surface area contributed by atoms with Gasteiger partial charge < -0.3 is 10.6 Å². The molecule has 18 heavy (non-hydrogen) atoms. The molecule has 2 rings (SSSR count). The van der Waals surface area contributed by atoms with Gasteiger partial charge in [0.1, 0.15) is 0 Å². The molecule has 3 nitrogen and oxygen atoms in total. The first kappa shape index (κ1) is 13.8. The Kier molecular flexibility index (Phi) is 5.01. The maximum absolute atomic E-state index is 5.65. The molecule has 0 aliphatic heterocycles. The van der Waals surface area contributed by atoms with Gasteiger partial charge in [0.15, 0.2) is 5.13 Å². The molecule has 4 heteroatoms. The molecule has 1 aliphatic rings. The topological polar surface area (TPSA) is 42.1 Å². The van der Waals surface area contributed by atoms with E-state index < -0.39 is 0 Å². The Balaban J connectivity index is 1.73. The molecule has 0 atom stereocenters. The molecule has 102 valence electrons. The van der Waals surface area contributed by atoms with Gasteiger partial charge in [-0.3, -0.25) is 0 Å². The Morgan fingerprint density at radius 2 is 2.11 bits per heavy atom. The molecule has 2 N–H and O–H groups in total. The van der Waals surface area contributed by atoms with Crippen LogP contribution in [0.15, 0.2) is 5.38 Å². The third kappa shape index (κ3) is 3.69. The maximum atomic E-state index is 5.65. The second-order valence-electron chi connectivity index (χ2n) is 5.49. The Hall–Kier alpha value is -0.610. The van der Waals surface area contributed by atoms with E-state index in [1.807, 2.05) is 0 Å². The fraction of sp³-hybridized carbons (Fsp3) is 0.786. The highest BCUT2D eigenvalue weighted by atomic mass is 32.1. The van der Waals surface area contributed by atoms with Crippen LogP contribution in [-0.4, -0.2) is 29.5 Å². The van der Waals surface area contributed by atoms with E-state index in [0.717, 1.165) is 30.6 Å². The summed E-state index contributed by atoms with van der Waals surface area (Å²) in [5.74, 6) is 0.980. The van der Waals surface area contributed by atoms with Gasteiger partial charge in [0.2, 0.25) is 0 Å². The number of nitrogens with two attached hydrogens (primary N) is 1. The third-order valence-electron chi connectivity index (χ3n) is 4.31. The van der Waals surface area contributed by atoms with Gasteiger partial charge in [-0.25, -0.2) is 4.98 Å². The van der Waals surface area contributed by atoms with Crippen LogP contribution < -0.4 is 5.73 Å². The molecule has 0 unspecified atom stereocenters. The second-order valence-corrected chi connectivity index (χ2v) is 6.38. The molecule has 1 aromatic rings. The lowest BCUT2D eigenvalue weighted by atomic mass is 9.84. The molecule has 1 aromatic heterocycles. The van der Waals surface area contributed by atoms with Crippen molar-refractivity contribution >= 4 is 16.5 Å². The summed E-state index contributed by atoms with van der Waals surface area (Å²) in [5, 5.41) is 2.77. The lowest BCUT2D eigenvalue weighted by Gasteiger charge is -2.34. The van der Waals surface area contributed by atoms with Gasteiger partial charge in [0.25, 0.3) is 0 Å². The quantitative estimate of drug-likeness (QED) is 0.891. The van der Waals surface area contributed by atoms with E-state index in [-0.39, 0.29) is 0 Å². The van der Waals surface area contributed by atoms with E-state index in [4.69, 9.17) is 5.73 Å². The van der Waals surface area contributed by atoms with Crippen LogP contribution in [-0.2, 0) is 6.42 Å². The van der Waals surface area contributed by atoms with Crippen molar-refractivity contribution in [2.24, 2.45) is 5.92 Å². The van der Waals surface area contributed by atoms with Gasteiger partial charge in [-0.15, -0.1) is 11.3 Å². The van der Waals surface area contributed by atoms with Crippen LogP contribution in [0.25, 0.3) is 0 Å². The van der Waals surface area contributed by atoms with Crippen LogP contribution in [0.3, 0.4) is 0 Å². The zero-order valence-electron chi connectivity index (χ0n) is 11.6. The Labute approximate surface area is 114 Å². The van der Waals surface area contributed by atoms with Crippen LogP contribution in [0.1, 0.15) is 44.7 Å². The standard InChI is InChI=1S/C14H25N3S/c1-3-11-4-6-13(7-5-11)17(2)9-8-12-10-18-14(15)16-12/h10-11,13H,3-9H2,1-2H3,(H2,15,16). The predicted octanol–water partition coefficient (Wildman–Crippen LogP) is 3.17. The minimum absolute atomic E-state index is 0.691. The summed E-state index contributed by atoms with van der Waals surface area (Å²) < 4.78 is 0. The molecule has 0 radical (unpaired) electrons. The van der Waals surface area contributed by atoms with Gasteiger partial charge >= 0.3 is 0 Å². The SMILES string of the molecule is CCC1CCC(N(C)CCc2csc(N)n2)CC1. The summed E-state index contributed by atoms with van der Waals surface area (Å²) in [6.45, 7) is 3.42. The summed E-state index contributed by atoms with van der Waals surface area (Å²) in [6.07, 6.45) is 7.94. The van der Waals surface area contributed by atoms with Crippen molar-refractivity contribution in [1.29, 1.82) is 0 Å². The zero-order chi connectivity index (χ0) is 13.0. The van der Waals surface area contributed by atoms with Crippen LogP contribution >= 0.6 is 11.3 Å². The van der Waals surface area contributed by atoms with Crippen molar-refractivity contribution in [2.45, 2.75) is 51.5 Å². The highest BCUT2D eigenvalue weighted by Gasteiger charge is 2.22. The van der Waals surface area contributed by atoms with Gasteiger partial charge in [0.05, 0.1) is 5.69 Å². The van der Waals surface area contributed by atoms with Gasteiger partial charge in [-0.1, -0.05) is 13.3 Å². The lowest BCUT2D eigenvalue weighted by molar-refractivity contribution is 0.165. The van der Waals surface area contributed by atoms with Crippen molar-refractivity contribution < 1.29 is 0 Å². The summed E-state index contributed by atoms with van der Waals surface area (Å²) in [6, 6.07) is 0.781. The van der Waals surface area contributed by atoms with E-state index in [2.05, 4.69) is 29.2 Å². The monoisotopic (exact) mass is 267 g/mol. The number of rotatable bonds is 5. The average Bonchev–Trinajstić information content (AvgIpc) is 2.82. The van der Waals surface area contributed by atoms with Crippen molar-refractivity contribution in [1.82, 2.24) is 9.88 Å². The fourth-order valence-electron chi connectivity index (χ4n) is 2.90. The number of hydrogen-bond acceptors (Lipinski definition) is 4. The third-order valence-corrected chi connectivity index (χ3v) is 5.03. The number of nitrogen functional groups attached to an aromatic ring is 1. The molecule has 0 spiro atoms. The number of anilines is 1. The Bertz CT molecular complexity index is 356. The minimum atomic E-state index is 0.691. The number of nitrogens with zero attached hydrogens (tertiary/aromatic N) is 2. The minimum Gasteiger partial charge on any atom is -0.375 e. The number of thiazole rings is 1. The molecule has 1 aliphatic carbocycles. The molecule has 0 aromatic carbocycles. The van der Waals surface area contributed by atoms with Gasteiger partial charge in [-0.05, 0) is 38.6 Å². The lowest BCUT2D eigenvalue weighted by Crippen LogP contribution is -2.36. The first-order chi connectivity index (χ1) is 8.69. The molecule has 1 saturated carbocycles. The zero-order valence-corrected chi connectivity index (χ0v) is 12.4. The summed E-state index contributed by atoms with van der Waals surface area (Å²) in [5.41, 5.74) is 6.80. The van der Waals surface area contributed by atoms with Crippen LogP contribution in [0, 0.1) is 5.92 Å². The van der Waals surface area contributed by atoms with Crippen molar-refractivity contribution in [3.05, 3.63) is 11.1 Å². The van der Waals surface area contributed by atoms with E-state index in [9.17, 15) is 0 Å². The predicted molar refractivity (Wildman–Crippen MR) is 78.9 cm³/mol. The highest BCUT2D eigenvalue weighted by Crippen LogP contribution is 2.29. The molecular formula is C14H25N3S. The first-order valence-corrected chi connectivity index (χ1v) is 7.97. The van der Waals surface area contributed by atoms with Crippen molar-refractivity contribution in [3.8, 4) is 0 Å².